The average molecular weight is 298 g/mol. The summed E-state index contributed by atoms with van der Waals surface area (Å²) in [5.74, 6) is 0.839. The molecule has 0 saturated heterocycles. The molecular weight excluding hydrogens is 282 g/mol. The highest BCUT2D eigenvalue weighted by molar-refractivity contribution is 7.10. The fourth-order valence-corrected chi connectivity index (χ4v) is 2.59. The Morgan fingerprint density at radius 3 is 2.89 bits per heavy atom. The molecule has 1 aromatic carbocycles. The fraction of sp³-hybridized carbons (Fsp3) is 0.286. The maximum atomic E-state index is 5.89. The molecule has 0 amide bonds. The lowest BCUT2D eigenvalue weighted by atomic mass is 10.3. The second-order valence-corrected chi connectivity index (χ2v) is 5.39. The predicted octanol–water partition coefficient (Wildman–Crippen LogP) is 4.04. The topological polar surface area (TPSA) is 30.5 Å². The molecule has 1 aromatic heterocycles. The molecular formula is C14H16ClNO2S. The van der Waals surface area contributed by atoms with Crippen LogP contribution in [0.5, 0.6) is 5.75 Å². The van der Waals surface area contributed by atoms with Crippen LogP contribution in [0.25, 0.3) is 0 Å². The smallest absolute Gasteiger partial charge is 0.121 e. The lowest BCUT2D eigenvalue weighted by molar-refractivity contribution is 0.146. The molecule has 1 heterocycles. The number of hydrogen-bond donors (Lipinski definition) is 1. The van der Waals surface area contributed by atoms with Gasteiger partial charge in [-0.1, -0.05) is 17.7 Å². The number of hydrogen-bond acceptors (Lipinski definition) is 4. The van der Waals surface area contributed by atoms with Gasteiger partial charge in [-0.05, 0) is 18.2 Å². The highest BCUT2D eigenvalue weighted by Gasteiger charge is 2.00. The number of halogens is 1. The van der Waals surface area contributed by atoms with Crippen molar-refractivity contribution in [3.05, 3.63) is 45.6 Å². The minimum Gasteiger partial charge on any atom is -0.491 e. The second kappa shape index (κ2) is 7.38. The van der Waals surface area contributed by atoms with Crippen molar-refractivity contribution in [3.63, 3.8) is 0 Å². The van der Waals surface area contributed by atoms with Crippen molar-refractivity contribution in [3.8, 4) is 5.75 Å². The molecule has 2 aromatic rings. The van der Waals surface area contributed by atoms with Crippen molar-refractivity contribution in [1.82, 2.24) is 0 Å². The largest absolute Gasteiger partial charge is 0.491 e. The molecule has 2 rings (SSSR count). The van der Waals surface area contributed by atoms with Gasteiger partial charge in [0.05, 0.1) is 11.6 Å². The van der Waals surface area contributed by atoms with Gasteiger partial charge in [0.25, 0.3) is 0 Å². The molecule has 5 heteroatoms. The molecule has 0 fully saturated rings. The quantitative estimate of drug-likeness (QED) is 0.783. The van der Waals surface area contributed by atoms with Gasteiger partial charge in [0.1, 0.15) is 12.4 Å². The van der Waals surface area contributed by atoms with Crippen LogP contribution in [0, 0.1) is 0 Å². The van der Waals surface area contributed by atoms with Gasteiger partial charge in [0.15, 0.2) is 0 Å². The van der Waals surface area contributed by atoms with Crippen LogP contribution in [0.1, 0.15) is 4.88 Å². The number of anilines is 1. The number of methoxy groups -OCH3 is 1. The monoisotopic (exact) mass is 297 g/mol. The van der Waals surface area contributed by atoms with Gasteiger partial charge < -0.3 is 14.8 Å². The van der Waals surface area contributed by atoms with Crippen molar-refractivity contribution in [2.75, 3.05) is 25.6 Å². The van der Waals surface area contributed by atoms with Crippen LogP contribution in [0.3, 0.4) is 0 Å². The zero-order valence-electron chi connectivity index (χ0n) is 10.7. The Bertz CT molecular complexity index is 516. The molecule has 0 saturated carbocycles. The van der Waals surface area contributed by atoms with E-state index in [4.69, 9.17) is 21.1 Å². The van der Waals surface area contributed by atoms with E-state index >= 15 is 0 Å². The summed E-state index contributed by atoms with van der Waals surface area (Å²) >= 11 is 7.54. The fourth-order valence-electron chi connectivity index (χ4n) is 1.57. The van der Waals surface area contributed by atoms with Gasteiger partial charge in [0, 0.05) is 35.7 Å². The standard InChI is InChI=1S/C14H16ClNO2S/c1-17-5-6-18-13-4-2-3-12(8-13)16-9-14-7-11(15)10-19-14/h2-4,7-8,10,16H,5-6,9H2,1H3. The van der Waals surface area contributed by atoms with Gasteiger partial charge in [-0.3, -0.25) is 0 Å². The molecule has 1 N–H and O–H groups in total. The minimum atomic E-state index is 0.556. The normalized spacial score (nSPS) is 10.4. The molecule has 0 radical (unpaired) electrons. The van der Waals surface area contributed by atoms with Crippen molar-refractivity contribution in [2.45, 2.75) is 6.54 Å². The Hall–Kier alpha value is -1.23. The first kappa shape index (κ1) is 14.2. The van der Waals surface area contributed by atoms with E-state index < -0.39 is 0 Å². The summed E-state index contributed by atoms with van der Waals surface area (Å²) < 4.78 is 10.5. The molecule has 0 aliphatic carbocycles. The number of nitrogens with one attached hydrogen (secondary N) is 1. The van der Waals surface area contributed by atoms with Crippen molar-refractivity contribution >= 4 is 28.6 Å². The zero-order chi connectivity index (χ0) is 13.5. The van der Waals surface area contributed by atoms with Crippen LogP contribution in [-0.2, 0) is 11.3 Å². The van der Waals surface area contributed by atoms with Crippen LogP contribution in [0.15, 0.2) is 35.7 Å². The lowest BCUT2D eigenvalue weighted by Gasteiger charge is -2.09. The predicted molar refractivity (Wildman–Crippen MR) is 80.5 cm³/mol. The summed E-state index contributed by atoms with van der Waals surface area (Å²) in [5, 5.41) is 6.07. The molecule has 102 valence electrons. The van der Waals surface area contributed by atoms with Gasteiger partial charge in [-0.25, -0.2) is 0 Å². The summed E-state index contributed by atoms with van der Waals surface area (Å²) in [6.07, 6.45) is 0. The van der Waals surface area contributed by atoms with Crippen LogP contribution in [-0.4, -0.2) is 20.3 Å². The Morgan fingerprint density at radius 2 is 2.16 bits per heavy atom. The molecule has 0 bridgehead atoms. The van der Waals surface area contributed by atoms with E-state index in [2.05, 4.69) is 5.32 Å². The highest BCUT2D eigenvalue weighted by atomic mass is 35.5. The molecule has 0 atom stereocenters. The summed E-state index contributed by atoms with van der Waals surface area (Å²) in [6, 6.07) is 9.86. The van der Waals surface area contributed by atoms with Crippen LogP contribution in [0.4, 0.5) is 5.69 Å². The van der Waals surface area contributed by atoms with Crippen LogP contribution < -0.4 is 10.1 Å². The molecule has 0 spiro atoms. The van der Waals surface area contributed by atoms with Crippen molar-refractivity contribution in [1.29, 1.82) is 0 Å². The van der Waals surface area contributed by atoms with E-state index in [0.29, 0.717) is 13.2 Å². The number of rotatable bonds is 7. The Balaban J connectivity index is 1.87. The maximum Gasteiger partial charge on any atom is 0.121 e. The third-order valence-corrected chi connectivity index (χ3v) is 3.76. The highest BCUT2D eigenvalue weighted by Crippen LogP contribution is 2.22. The number of ether oxygens (including phenoxy) is 2. The van der Waals surface area contributed by atoms with E-state index in [1.165, 1.54) is 4.88 Å². The van der Waals surface area contributed by atoms with Crippen LogP contribution in [0.2, 0.25) is 5.02 Å². The van der Waals surface area contributed by atoms with Gasteiger partial charge >= 0.3 is 0 Å². The molecule has 0 unspecified atom stereocenters. The summed E-state index contributed by atoms with van der Waals surface area (Å²) in [6.45, 7) is 1.91. The van der Waals surface area contributed by atoms with Gasteiger partial charge in [0.2, 0.25) is 0 Å². The summed E-state index contributed by atoms with van der Waals surface area (Å²) in [4.78, 5) is 1.20. The van der Waals surface area contributed by atoms with Gasteiger partial charge in [-0.2, -0.15) is 0 Å². The van der Waals surface area contributed by atoms with E-state index in [9.17, 15) is 0 Å². The molecule has 3 nitrogen and oxygen atoms in total. The van der Waals surface area contributed by atoms with Gasteiger partial charge in [-0.15, -0.1) is 11.3 Å². The third-order valence-electron chi connectivity index (χ3n) is 2.48. The first-order valence-corrected chi connectivity index (χ1v) is 7.22. The molecule has 19 heavy (non-hydrogen) atoms. The summed E-state index contributed by atoms with van der Waals surface area (Å²) in [7, 11) is 1.66. The van der Waals surface area contributed by atoms with Crippen molar-refractivity contribution < 1.29 is 9.47 Å². The average Bonchev–Trinajstić information content (AvgIpc) is 2.83. The maximum absolute atomic E-state index is 5.89. The van der Waals surface area contributed by atoms with E-state index in [1.807, 2.05) is 35.7 Å². The van der Waals surface area contributed by atoms with E-state index in [0.717, 1.165) is 23.0 Å². The van der Waals surface area contributed by atoms with E-state index in [1.54, 1.807) is 18.4 Å². The SMILES string of the molecule is COCCOc1cccc(NCc2cc(Cl)cs2)c1. The van der Waals surface area contributed by atoms with E-state index in [-0.39, 0.29) is 0 Å². The first-order valence-electron chi connectivity index (χ1n) is 5.96. The Kier molecular flexibility index (Phi) is 5.51. The second-order valence-electron chi connectivity index (χ2n) is 3.95. The minimum absolute atomic E-state index is 0.556. The molecule has 0 aliphatic heterocycles. The Labute approximate surface area is 122 Å². The number of benzene rings is 1. The van der Waals surface area contributed by atoms with Crippen molar-refractivity contribution in [2.24, 2.45) is 0 Å². The van der Waals surface area contributed by atoms with Crippen LogP contribution >= 0.6 is 22.9 Å². The summed E-state index contributed by atoms with van der Waals surface area (Å²) in [5.41, 5.74) is 1.03. The zero-order valence-corrected chi connectivity index (χ0v) is 12.3. The molecule has 0 aliphatic rings. The number of thiophene rings is 1. The lowest BCUT2D eigenvalue weighted by Crippen LogP contribution is -2.04. The first-order chi connectivity index (χ1) is 9.28. The Morgan fingerprint density at radius 1 is 1.26 bits per heavy atom. The third kappa shape index (κ3) is 4.74.